The quantitative estimate of drug-likeness (QED) is 0.335. The van der Waals surface area contributed by atoms with E-state index >= 15 is 0 Å². The van der Waals surface area contributed by atoms with Gasteiger partial charge in [-0.1, -0.05) is 16.8 Å². The third-order valence-corrected chi connectivity index (χ3v) is 7.58. The summed E-state index contributed by atoms with van der Waals surface area (Å²) in [6.45, 7) is 7.15. The SMILES string of the molecule is CC(C)N1CCC(N)CC1.COc1ccc2cc(C(=O)O)n(Cc3cc(-c4ccc(Cl)s4)on3)c2c1. The summed E-state index contributed by atoms with van der Waals surface area (Å²) in [7, 11) is 1.57. The van der Waals surface area contributed by atoms with E-state index in [2.05, 4.69) is 23.9 Å². The lowest BCUT2D eigenvalue weighted by Crippen LogP contribution is -2.42. The van der Waals surface area contributed by atoms with Gasteiger partial charge in [0.2, 0.25) is 0 Å². The normalized spacial score (nSPS) is 14.7. The van der Waals surface area contributed by atoms with Gasteiger partial charge < -0.3 is 29.6 Å². The molecule has 192 valence electrons. The van der Waals surface area contributed by atoms with Gasteiger partial charge in [-0.15, -0.1) is 11.3 Å². The number of piperidine rings is 1. The molecule has 36 heavy (non-hydrogen) atoms. The second kappa shape index (κ2) is 11.5. The van der Waals surface area contributed by atoms with Crippen LogP contribution in [0.5, 0.6) is 5.75 Å². The topological polar surface area (TPSA) is 107 Å². The van der Waals surface area contributed by atoms with Crippen molar-refractivity contribution in [3.05, 3.63) is 58.2 Å². The molecule has 3 N–H and O–H groups in total. The van der Waals surface area contributed by atoms with E-state index in [0.29, 0.717) is 33.6 Å². The van der Waals surface area contributed by atoms with E-state index in [1.807, 2.05) is 18.2 Å². The van der Waals surface area contributed by atoms with E-state index in [-0.39, 0.29) is 12.2 Å². The average molecular weight is 531 g/mol. The smallest absolute Gasteiger partial charge is 0.352 e. The highest BCUT2D eigenvalue weighted by Gasteiger charge is 2.18. The van der Waals surface area contributed by atoms with Gasteiger partial charge in [-0.25, -0.2) is 4.79 Å². The molecule has 0 unspecified atom stereocenters. The minimum atomic E-state index is -1.01. The highest BCUT2D eigenvalue weighted by Crippen LogP contribution is 2.32. The first-order chi connectivity index (χ1) is 17.2. The lowest BCUT2D eigenvalue weighted by atomic mass is 10.1. The summed E-state index contributed by atoms with van der Waals surface area (Å²) in [6, 6.07) is 13.7. The van der Waals surface area contributed by atoms with Crippen LogP contribution in [0.3, 0.4) is 0 Å². The summed E-state index contributed by atoms with van der Waals surface area (Å²) in [4.78, 5) is 15.0. The first-order valence-electron chi connectivity index (χ1n) is 11.9. The van der Waals surface area contributed by atoms with E-state index in [9.17, 15) is 9.90 Å². The largest absolute Gasteiger partial charge is 0.497 e. The van der Waals surface area contributed by atoms with Crippen LogP contribution >= 0.6 is 22.9 Å². The zero-order chi connectivity index (χ0) is 25.8. The van der Waals surface area contributed by atoms with Gasteiger partial charge in [0.1, 0.15) is 17.1 Å². The third kappa shape index (κ3) is 6.10. The second-order valence-corrected chi connectivity index (χ2v) is 10.8. The van der Waals surface area contributed by atoms with E-state index in [0.717, 1.165) is 15.8 Å². The number of nitrogens with zero attached hydrogens (tertiary/aromatic N) is 3. The molecular formula is C26H31ClN4O4S. The Morgan fingerprint density at radius 3 is 2.61 bits per heavy atom. The number of carboxylic acids is 1. The van der Waals surface area contributed by atoms with E-state index < -0.39 is 5.97 Å². The number of aromatic carboxylic acids is 1. The standard InChI is InChI=1S/C18H13ClN2O4S.C8H18N2/c1-24-12-3-2-10-6-14(18(22)23)21(13(10)8-12)9-11-7-15(25-20-11)16-4-5-17(19)26-16;1-7(2)10-5-3-8(9)4-6-10/h2-8H,9H2,1H3,(H,22,23);7-8H,3-6,9H2,1-2H3. The number of nitrogens with two attached hydrogens (primary N) is 1. The molecule has 1 fully saturated rings. The second-order valence-electron chi connectivity index (χ2n) is 9.10. The number of ether oxygens (including phenoxy) is 1. The maximum Gasteiger partial charge on any atom is 0.352 e. The molecule has 10 heteroatoms. The van der Waals surface area contributed by atoms with Crippen LogP contribution in [0, 0.1) is 0 Å². The molecule has 1 saturated heterocycles. The number of fused-ring (bicyclic) bond motifs is 1. The maximum absolute atomic E-state index is 11.7. The molecular weight excluding hydrogens is 500 g/mol. The van der Waals surface area contributed by atoms with Gasteiger partial charge in [0.25, 0.3) is 0 Å². The van der Waals surface area contributed by atoms with E-state index in [1.54, 1.807) is 35.9 Å². The van der Waals surface area contributed by atoms with Crippen molar-refractivity contribution in [2.75, 3.05) is 20.2 Å². The molecule has 0 saturated carbocycles. The molecule has 0 aliphatic carbocycles. The lowest BCUT2D eigenvalue weighted by molar-refractivity contribution is 0.0686. The van der Waals surface area contributed by atoms with Crippen LogP contribution in [0.2, 0.25) is 4.34 Å². The first kappa shape index (κ1) is 26.2. The molecule has 5 rings (SSSR count). The number of rotatable bonds is 6. The molecule has 0 radical (unpaired) electrons. The van der Waals surface area contributed by atoms with Crippen LogP contribution in [0.1, 0.15) is 42.9 Å². The number of hydrogen-bond acceptors (Lipinski definition) is 7. The van der Waals surface area contributed by atoms with Gasteiger partial charge in [-0.3, -0.25) is 0 Å². The Morgan fingerprint density at radius 1 is 1.25 bits per heavy atom. The fourth-order valence-electron chi connectivity index (χ4n) is 4.26. The number of aromatic nitrogens is 2. The zero-order valence-corrected chi connectivity index (χ0v) is 22.2. The summed E-state index contributed by atoms with van der Waals surface area (Å²) in [5.41, 5.74) is 7.32. The van der Waals surface area contributed by atoms with Crippen LogP contribution in [0.4, 0.5) is 0 Å². The van der Waals surface area contributed by atoms with Crippen molar-refractivity contribution in [3.8, 4) is 16.4 Å². The van der Waals surface area contributed by atoms with Crippen molar-refractivity contribution in [2.45, 2.75) is 45.3 Å². The number of likely N-dealkylation sites (tertiary alicyclic amines) is 1. The van der Waals surface area contributed by atoms with E-state index in [4.69, 9.17) is 26.6 Å². The van der Waals surface area contributed by atoms with Crippen molar-refractivity contribution >= 4 is 39.8 Å². The van der Waals surface area contributed by atoms with Crippen LogP contribution in [-0.2, 0) is 6.54 Å². The molecule has 0 atom stereocenters. The van der Waals surface area contributed by atoms with Gasteiger partial charge in [-0.05, 0) is 70.1 Å². The van der Waals surface area contributed by atoms with Crippen molar-refractivity contribution in [2.24, 2.45) is 5.73 Å². The predicted octanol–water partition coefficient (Wildman–Crippen LogP) is 5.58. The maximum atomic E-state index is 11.7. The van der Waals surface area contributed by atoms with Gasteiger partial charge in [0.15, 0.2) is 5.76 Å². The van der Waals surface area contributed by atoms with Crippen molar-refractivity contribution < 1.29 is 19.2 Å². The van der Waals surface area contributed by atoms with Crippen LogP contribution in [0.15, 0.2) is 47.0 Å². The zero-order valence-electron chi connectivity index (χ0n) is 20.6. The number of thiophene rings is 1. The fraction of sp³-hybridized carbons (Fsp3) is 0.385. The summed E-state index contributed by atoms with van der Waals surface area (Å²) in [5.74, 6) is 0.250. The number of carbonyl (C=O) groups is 1. The molecule has 1 aliphatic rings. The molecule has 0 bridgehead atoms. The van der Waals surface area contributed by atoms with Gasteiger partial charge in [0.05, 0.1) is 28.4 Å². The number of hydrogen-bond donors (Lipinski definition) is 2. The van der Waals surface area contributed by atoms with Gasteiger partial charge in [-0.2, -0.15) is 0 Å². The molecule has 0 spiro atoms. The van der Waals surface area contributed by atoms with Crippen molar-refractivity contribution in [1.29, 1.82) is 0 Å². The van der Waals surface area contributed by atoms with Crippen LogP contribution in [-0.4, -0.2) is 58.0 Å². The molecule has 1 aromatic carbocycles. The van der Waals surface area contributed by atoms with Gasteiger partial charge in [0, 0.05) is 29.6 Å². The fourth-order valence-corrected chi connectivity index (χ4v) is 5.25. The Labute approximate surface area is 219 Å². The third-order valence-electron chi connectivity index (χ3n) is 6.33. The number of methoxy groups -OCH3 is 1. The molecule has 0 amide bonds. The highest BCUT2D eigenvalue weighted by atomic mass is 35.5. The minimum Gasteiger partial charge on any atom is -0.497 e. The minimum absolute atomic E-state index is 0.178. The van der Waals surface area contributed by atoms with Crippen molar-refractivity contribution in [3.63, 3.8) is 0 Å². The summed E-state index contributed by atoms with van der Waals surface area (Å²) in [5, 5.41) is 14.4. The van der Waals surface area contributed by atoms with Crippen LogP contribution in [0.25, 0.3) is 21.5 Å². The Morgan fingerprint density at radius 2 is 2.00 bits per heavy atom. The molecule has 3 aromatic heterocycles. The highest BCUT2D eigenvalue weighted by molar-refractivity contribution is 7.19. The molecule has 8 nitrogen and oxygen atoms in total. The number of carboxylic acid groups (broad SMARTS) is 1. The molecule has 4 aromatic rings. The van der Waals surface area contributed by atoms with E-state index in [1.165, 1.54) is 37.3 Å². The number of benzene rings is 1. The molecule has 4 heterocycles. The van der Waals surface area contributed by atoms with Gasteiger partial charge >= 0.3 is 5.97 Å². The molecule has 1 aliphatic heterocycles. The van der Waals surface area contributed by atoms with Crippen molar-refractivity contribution in [1.82, 2.24) is 14.6 Å². The monoisotopic (exact) mass is 530 g/mol. The Hall–Kier alpha value is -2.85. The number of halogens is 1. The lowest BCUT2D eigenvalue weighted by Gasteiger charge is -2.32. The Kier molecular flexibility index (Phi) is 8.35. The summed E-state index contributed by atoms with van der Waals surface area (Å²) >= 11 is 7.35. The van der Waals surface area contributed by atoms with Crippen LogP contribution < -0.4 is 10.5 Å². The average Bonchev–Trinajstić information content (AvgIpc) is 3.58. The first-order valence-corrected chi connectivity index (χ1v) is 13.1. The Balaban J connectivity index is 0.000000256. The Bertz CT molecular complexity index is 1320. The predicted molar refractivity (Wildman–Crippen MR) is 143 cm³/mol. The summed E-state index contributed by atoms with van der Waals surface area (Å²) in [6.07, 6.45) is 2.36. The summed E-state index contributed by atoms with van der Waals surface area (Å²) < 4.78 is 13.0.